The van der Waals surface area contributed by atoms with E-state index in [0.29, 0.717) is 5.56 Å². The fourth-order valence-electron chi connectivity index (χ4n) is 3.08. The number of nitrogens with zero attached hydrogens (tertiary/aromatic N) is 1. The van der Waals surface area contributed by atoms with Crippen molar-refractivity contribution in [3.63, 3.8) is 0 Å². The molecule has 0 aliphatic carbocycles. The maximum atomic E-state index is 14.4. The van der Waals surface area contributed by atoms with E-state index in [1.54, 1.807) is 12.1 Å². The van der Waals surface area contributed by atoms with Crippen LogP contribution in [0.1, 0.15) is 23.3 Å². The number of cyclic esters (lactones) is 1. The third-order valence-corrected chi connectivity index (χ3v) is 4.33. The van der Waals surface area contributed by atoms with Crippen LogP contribution in [0.3, 0.4) is 0 Å². The quantitative estimate of drug-likeness (QED) is 0.704. The van der Waals surface area contributed by atoms with Crippen molar-refractivity contribution in [2.24, 2.45) is 0 Å². The Balaban J connectivity index is 1.78. The van der Waals surface area contributed by atoms with Gasteiger partial charge >= 0.3 is 6.09 Å². The van der Waals surface area contributed by atoms with E-state index in [0.717, 1.165) is 5.56 Å². The maximum absolute atomic E-state index is 14.4. The first kappa shape index (κ1) is 16.2. The van der Waals surface area contributed by atoms with Crippen molar-refractivity contribution in [1.29, 1.82) is 0 Å². The Morgan fingerprint density at radius 1 is 0.923 bits per heavy atom. The fourth-order valence-corrected chi connectivity index (χ4v) is 3.08. The van der Waals surface area contributed by atoms with Gasteiger partial charge in [-0.2, -0.15) is 4.39 Å². The molecule has 130 valence electrons. The second-order valence-electron chi connectivity index (χ2n) is 5.94. The van der Waals surface area contributed by atoms with E-state index in [2.05, 4.69) is 10.3 Å². The summed E-state index contributed by atoms with van der Waals surface area (Å²) in [6.45, 7) is 0. The van der Waals surface area contributed by atoms with Crippen LogP contribution in [-0.4, -0.2) is 11.1 Å². The smallest absolute Gasteiger partial charge is 0.408 e. The Morgan fingerprint density at radius 3 is 2.42 bits per heavy atom. The molecule has 3 aromatic rings. The molecule has 2 atom stereocenters. The van der Waals surface area contributed by atoms with Crippen LogP contribution in [0.25, 0.3) is 11.1 Å². The summed E-state index contributed by atoms with van der Waals surface area (Å²) in [5.74, 6) is -1.26. The van der Waals surface area contributed by atoms with Gasteiger partial charge < -0.3 is 10.1 Å². The number of amides is 1. The lowest BCUT2D eigenvalue weighted by Gasteiger charge is -2.19. The molecule has 1 saturated heterocycles. The Bertz CT molecular complexity index is 963. The van der Waals surface area contributed by atoms with Crippen molar-refractivity contribution in [2.45, 2.75) is 12.1 Å². The molecule has 0 saturated carbocycles. The highest BCUT2D eigenvalue weighted by molar-refractivity contribution is 5.72. The number of carbonyl (C=O) groups excluding carboxylic acids is 1. The number of rotatable bonds is 3. The van der Waals surface area contributed by atoms with E-state index in [9.17, 15) is 13.6 Å². The monoisotopic (exact) mass is 352 g/mol. The molecule has 4 rings (SSSR count). The SMILES string of the molecule is O=C1N[C@@H](c2cc(-c3ccccc3)cnc2F)[C@H](c2ccccc2F)O1. The topological polar surface area (TPSA) is 51.2 Å². The van der Waals surface area contributed by atoms with Gasteiger partial charge in [-0.25, -0.2) is 14.2 Å². The van der Waals surface area contributed by atoms with Gasteiger partial charge in [-0.15, -0.1) is 0 Å². The summed E-state index contributed by atoms with van der Waals surface area (Å²) in [5, 5.41) is 2.56. The van der Waals surface area contributed by atoms with E-state index in [1.807, 2.05) is 30.3 Å². The number of ether oxygens (including phenoxy) is 1. The summed E-state index contributed by atoms with van der Waals surface area (Å²) in [6.07, 6.45) is -0.289. The van der Waals surface area contributed by atoms with Gasteiger partial charge in [-0.1, -0.05) is 48.5 Å². The summed E-state index contributed by atoms with van der Waals surface area (Å²) in [6, 6.07) is 16.0. The van der Waals surface area contributed by atoms with Crippen molar-refractivity contribution in [1.82, 2.24) is 10.3 Å². The molecule has 1 aliphatic heterocycles. The third kappa shape index (κ3) is 2.90. The summed E-state index contributed by atoms with van der Waals surface area (Å²) < 4.78 is 33.8. The molecule has 0 spiro atoms. The van der Waals surface area contributed by atoms with Gasteiger partial charge in [-0.3, -0.25) is 0 Å². The minimum atomic E-state index is -0.981. The number of pyridine rings is 1. The summed E-state index contributed by atoms with van der Waals surface area (Å²) in [5.41, 5.74) is 1.87. The van der Waals surface area contributed by atoms with E-state index < -0.39 is 30.0 Å². The standard InChI is InChI=1S/C20H14F2N2O2/c21-16-9-5-4-8-14(16)18-17(24-20(25)26-18)15-10-13(11-23-19(15)22)12-6-2-1-3-7-12/h1-11,17-18H,(H,24,25)/t17-,18-/m0/s1. The van der Waals surface area contributed by atoms with Gasteiger partial charge in [0.25, 0.3) is 0 Å². The number of nitrogens with one attached hydrogen (secondary N) is 1. The van der Waals surface area contributed by atoms with E-state index in [-0.39, 0.29) is 11.1 Å². The van der Waals surface area contributed by atoms with Crippen LogP contribution in [-0.2, 0) is 4.74 Å². The highest BCUT2D eigenvalue weighted by Crippen LogP contribution is 2.39. The van der Waals surface area contributed by atoms with Crippen LogP contribution in [0, 0.1) is 11.8 Å². The highest BCUT2D eigenvalue weighted by atomic mass is 19.1. The summed E-state index contributed by atoms with van der Waals surface area (Å²) in [4.78, 5) is 15.6. The molecule has 2 heterocycles. The van der Waals surface area contributed by atoms with Gasteiger partial charge in [0.05, 0.1) is 0 Å². The lowest BCUT2D eigenvalue weighted by molar-refractivity contribution is 0.129. The average Bonchev–Trinajstić information content (AvgIpc) is 3.04. The predicted octanol–water partition coefficient (Wildman–Crippen LogP) is 4.55. The van der Waals surface area contributed by atoms with Gasteiger partial charge in [-0.05, 0) is 17.7 Å². The molecule has 1 aromatic heterocycles. The normalized spacial score (nSPS) is 19.1. The van der Waals surface area contributed by atoms with Crippen molar-refractivity contribution in [3.05, 3.63) is 89.8 Å². The zero-order valence-corrected chi connectivity index (χ0v) is 13.5. The minimum Gasteiger partial charge on any atom is -0.439 e. The Kier molecular flexibility index (Phi) is 4.08. The van der Waals surface area contributed by atoms with Crippen LogP contribution in [0.2, 0.25) is 0 Å². The molecule has 1 N–H and O–H groups in total. The van der Waals surface area contributed by atoms with Crippen molar-refractivity contribution in [3.8, 4) is 11.1 Å². The lowest BCUT2D eigenvalue weighted by atomic mass is 9.95. The highest BCUT2D eigenvalue weighted by Gasteiger charge is 2.39. The molecular formula is C20H14F2N2O2. The minimum absolute atomic E-state index is 0.144. The fraction of sp³-hybridized carbons (Fsp3) is 0.100. The van der Waals surface area contributed by atoms with Crippen LogP contribution in [0.15, 0.2) is 66.9 Å². The Hall–Kier alpha value is -3.28. The molecule has 1 fully saturated rings. The van der Waals surface area contributed by atoms with Crippen LogP contribution >= 0.6 is 0 Å². The zero-order valence-electron chi connectivity index (χ0n) is 13.5. The number of aromatic nitrogens is 1. The second kappa shape index (κ2) is 6.55. The van der Waals surface area contributed by atoms with E-state index >= 15 is 0 Å². The van der Waals surface area contributed by atoms with Crippen molar-refractivity contribution >= 4 is 6.09 Å². The first-order chi connectivity index (χ1) is 12.6. The number of hydrogen-bond donors (Lipinski definition) is 1. The Morgan fingerprint density at radius 2 is 1.65 bits per heavy atom. The van der Waals surface area contributed by atoms with Gasteiger partial charge in [0.15, 0.2) is 6.10 Å². The molecule has 6 heteroatoms. The first-order valence-electron chi connectivity index (χ1n) is 8.06. The van der Waals surface area contributed by atoms with E-state index in [1.165, 1.54) is 24.4 Å². The third-order valence-electron chi connectivity index (χ3n) is 4.33. The number of alkyl carbamates (subject to hydrolysis) is 1. The predicted molar refractivity (Wildman–Crippen MR) is 91.1 cm³/mol. The molecule has 1 amide bonds. The maximum Gasteiger partial charge on any atom is 0.408 e. The van der Waals surface area contributed by atoms with Crippen molar-refractivity contribution < 1.29 is 18.3 Å². The van der Waals surface area contributed by atoms with Crippen molar-refractivity contribution in [2.75, 3.05) is 0 Å². The van der Waals surface area contributed by atoms with Gasteiger partial charge in [0.2, 0.25) is 5.95 Å². The molecule has 1 aliphatic rings. The second-order valence-corrected chi connectivity index (χ2v) is 5.94. The number of hydrogen-bond acceptors (Lipinski definition) is 3. The van der Waals surface area contributed by atoms with E-state index in [4.69, 9.17) is 4.74 Å². The van der Waals surface area contributed by atoms with Crippen LogP contribution in [0.5, 0.6) is 0 Å². The molecule has 0 radical (unpaired) electrons. The first-order valence-corrected chi connectivity index (χ1v) is 8.06. The molecule has 4 nitrogen and oxygen atoms in total. The average molecular weight is 352 g/mol. The lowest BCUT2D eigenvalue weighted by Crippen LogP contribution is -2.21. The van der Waals surface area contributed by atoms with Crippen LogP contribution < -0.4 is 5.32 Å². The molecule has 26 heavy (non-hydrogen) atoms. The molecular weight excluding hydrogens is 338 g/mol. The molecule has 0 unspecified atom stereocenters. The molecule has 0 bridgehead atoms. The largest absolute Gasteiger partial charge is 0.439 e. The zero-order chi connectivity index (χ0) is 18.1. The Labute approximate surface area is 148 Å². The number of carbonyl (C=O) groups is 1. The van der Waals surface area contributed by atoms with Gasteiger partial charge in [0, 0.05) is 22.9 Å². The summed E-state index contributed by atoms with van der Waals surface area (Å²) >= 11 is 0. The number of benzene rings is 2. The van der Waals surface area contributed by atoms with Crippen LogP contribution in [0.4, 0.5) is 13.6 Å². The number of halogens is 2. The summed E-state index contributed by atoms with van der Waals surface area (Å²) in [7, 11) is 0. The van der Waals surface area contributed by atoms with Gasteiger partial charge in [0.1, 0.15) is 11.9 Å². The molecule has 2 aromatic carbocycles.